The van der Waals surface area contributed by atoms with E-state index >= 15 is 0 Å². The summed E-state index contributed by atoms with van der Waals surface area (Å²) in [6.07, 6.45) is -2.48. The third-order valence-electron chi connectivity index (χ3n) is 6.83. The van der Waals surface area contributed by atoms with Crippen molar-refractivity contribution >= 4 is 17.2 Å². The summed E-state index contributed by atoms with van der Waals surface area (Å²) in [5, 5.41) is 1.52. The van der Waals surface area contributed by atoms with Gasteiger partial charge in [-0.3, -0.25) is 9.53 Å². The van der Waals surface area contributed by atoms with E-state index in [4.69, 9.17) is 9.47 Å². The average molecular weight is 551 g/mol. The normalized spacial score (nSPS) is 18.0. The van der Waals surface area contributed by atoms with Crippen LogP contribution in [0.5, 0.6) is 5.75 Å². The second-order valence-electron chi connectivity index (χ2n) is 10.6. The van der Waals surface area contributed by atoms with E-state index in [0.29, 0.717) is 24.4 Å². The number of carbonyl (C=O) groups excluding carboxylic acids is 1. The molecule has 3 rings (SSSR count). The highest BCUT2D eigenvalue weighted by molar-refractivity contribution is 5.89. The van der Waals surface area contributed by atoms with E-state index in [2.05, 4.69) is 30.4 Å². The van der Waals surface area contributed by atoms with Crippen LogP contribution in [0.2, 0.25) is 0 Å². The number of aromatic nitrogens is 1. The fourth-order valence-electron chi connectivity index (χ4n) is 4.80. The minimum atomic E-state index is -4.73. The predicted molar refractivity (Wildman–Crippen MR) is 143 cm³/mol. The number of nitrogens with zero attached hydrogens (tertiary/aromatic N) is 2. The van der Waals surface area contributed by atoms with Gasteiger partial charge in [0.05, 0.1) is 30.6 Å². The Morgan fingerprint density at radius 2 is 1.82 bits per heavy atom. The molecule has 214 valence electrons. The Hall–Kier alpha value is -3.27. The third kappa shape index (κ3) is 6.84. The van der Waals surface area contributed by atoms with Crippen molar-refractivity contribution in [2.45, 2.75) is 60.4 Å². The molecule has 7 nitrogen and oxygen atoms in total. The SMILES string of the molecule is CCOC(=O)c1cn2c(cc1=O)/C(=c1\cccc(OCCOC(F)(F)F)\c1=C(/C)CC)N(C)CC2C(C)(C)C. The molecular formula is C29H37F3N2O5. The fraction of sp³-hybridized carbons (Fsp3) is 0.517. The molecule has 39 heavy (non-hydrogen) atoms. The highest BCUT2D eigenvalue weighted by atomic mass is 19.4. The number of hydrogen-bond donors (Lipinski definition) is 0. The Kier molecular flexibility index (Phi) is 9.20. The van der Waals surface area contributed by atoms with Crippen LogP contribution in [0.25, 0.3) is 11.3 Å². The summed E-state index contributed by atoms with van der Waals surface area (Å²) in [6, 6.07) is 6.78. The lowest BCUT2D eigenvalue weighted by Crippen LogP contribution is -2.46. The number of likely N-dealkylation sites (N-methyl/N-ethyl adjacent to an activating group) is 1. The second kappa shape index (κ2) is 11.9. The second-order valence-corrected chi connectivity index (χ2v) is 10.6. The number of rotatable bonds is 7. The van der Waals surface area contributed by atoms with Crippen molar-refractivity contribution in [3.63, 3.8) is 0 Å². The van der Waals surface area contributed by atoms with Gasteiger partial charge in [-0.05, 0) is 31.7 Å². The molecule has 0 saturated heterocycles. The van der Waals surface area contributed by atoms with E-state index in [9.17, 15) is 22.8 Å². The van der Waals surface area contributed by atoms with E-state index in [-0.39, 0.29) is 30.2 Å². The summed E-state index contributed by atoms with van der Waals surface area (Å²) in [5.41, 5.74) is 1.65. The molecule has 0 radical (unpaired) electrons. The highest BCUT2D eigenvalue weighted by Gasteiger charge is 2.35. The Bertz CT molecular complexity index is 1390. The first-order chi connectivity index (χ1) is 18.2. The summed E-state index contributed by atoms with van der Waals surface area (Å²) in [5.74, 6) is -0.244. The summed E-state index contributed by atoms with van der Waals surface area (Å²) >= 11 is 0. The van der Waals surface area contributed by atoms with Gasteiger partial charge in [0.25, 0.3) is 0 Å². The van der Waals surface area contributed by atoms with Crippen LogP contribution >= 0.6 is 0 Å². The van der Waals surface area contributed by atoms with Crippen LogP contribution in [0.1, 0.15) is 70.1 Å². The standard InChI is InChI=1S/C29H37F3N2O5/c1-8-18(3)25-19(11-10-12-23(25)38-13-14-39-29(30,31)32)26-21-15-22(35)20(27(36)37-9-2)16-34(21)24(17-33(26)7)28(4,5)6/h10-12,15-16,24H,8-9,13-14,17H2,1-7H3/b25-18+,26-19-. The number of carbonyl (C=O) groups is 1. The summed E-state index contributed by atoms with van der Waals surface area (Å²) in [7, 11) is 1.94. The Morgan fingerprint density at radius 1 is 1.13 bits per heavy atom. The van der Waals surface area contributed by atoms with Crippen molar-refractivity contribution in [2.75, 3.05) is 33.4 Å². The van der Waals surface area contributed by atoms with Gasteiger partial charge in [0.15, 0.2) is 5.43 Å². The van der Waals surface area contributed by atoms with Gasteiger partial charge in [-0.2, -0.15) is 0 Å². The van der Waals surface area contributed by atoms with Crippen molar-refractivity contribution in [1.29, 1.82) is 0 Å². The lowest BCUT2D eigenvalue weighted by molar-refractivity contribution is -0.325. The smallest absolute Gasteiger partial charge is 0.491 e. The molecule has 10 heteroatoms. The number of pyridine rings is 1. The molecule has 0 fully saturated rings. The van der Waals surface area contributed by atoms with Crippen LogP contribution < -0.4 is 20.6 Å². The van der Waals surface area contributed by atoms with Gasteiger partial charge in [-0.1, -0.05) is 45.4 Å². The lowest BCUT2D eigenvalue weighted by atomic mass is 9.84. The minimum absolute atomic E-state index is 0.0305. The predicted octanol–water partition coefficient (Wildman–Crippen LogP) is 4.21. The molecule has 0 bridgehead atoms. The van der Waals surface area contributed by atoms with Crippen molar-refractivity contribution in [3.05, 3.63) is 62.4 Å². The van der Waals surface area contributed by atoms with Crippen molar-refractivity contribution in [1.82, 2.24) is 9.47 Å². The summed E-state index contributed by atoms with van der Waals surface area (Å²) < 4.78 is 54.1. The number of ether oxygens (including phenoxy) is 3. The molecule has 1 aliphatic heterocycles. The van der Waals surface area contributed by atoms with Gasteiger partial charge in [0, 0.05) is 36.3 Å². The molecule has 2 aromatic rings. The first kappa shape index (κ1) is 30.3. The third-order valence-corrected chi connectivity index (χ3v) is 6.83. The number of benzene rings is 1. The molecule has 1 atom stereocenters. The monoisotopic (exact) mass is 550 g/mol. The van der Waals surface area contributed by atoms with Gasteiger partial charge in [0.2, 0.25) is 0 Å². The van der Waals surface area contributed by atoms with Crippen LogP contribution in [0.4, 0.5) is 13.2 Å². The van der Waals surface area contributed by atoms with E-state index in [1.54, 1.807) is 25.3 Å². The van der Waals surface area contributed by atoms with E-state index in [1.807, 2.05) is 31.5 Å². The van der Waals surface area contributed by atoms with Gasteiger partial charge in [-0.25, -0.2) is 4.79 Å². The van der Waals surface area contributed by atoms with Crippen molar-refractivity contribution in [2.24, 2.45) is 5.41 Å². The molecular weight excluding hydrogens is 513 g/mol. The van der Waals surface area contributed by atoms with Gasteiger partial charge in [0.1, 0.15) is 17.9 Å². The van der Waals surface area contributed by atoms with Gasteiger partial charge >= 0.3 is 12.3 Å². The van der Waals surface area contributed by atoms with E-state index < -0.39 is 24.4 Å². The largest absolute Gasteiger partial charge is 0.522 e. The van der Waals surface area contributed by atoms with Crippen LogP contribution in [-0.4, -0.2) is 55.2 Å². The zero-order chi connectivity index (χ0) is 29.1. The van der Waals surface area contributed by atoms with Crippen LogP contribution in [0, 0.1) is 5.41 Å². The molecule has 1 aromatic carbocycles. The van der Waals surface area contributed by atoms with Crippen molar-refractivity contribution in [3.8, 4) is 5.75 Å². The fourth-order valence-corrected chi connectivity index (χ4v) is 4.80. The first-order valence-electron chi connectivity index (χ1n) is 13.0. The molecule has 0 N–H and O–H groups in total. The number of halogens is 3. The minimum Gasteiger partial charge on any atom is -0.491 e. The van der Waals surface area contributed by atoms with E-state index in [1.165, 1.54) is 6.07 Å². The summed E-state index contributed by atoms with van der Waals surface area (Å²) in [4.78, 5) is 27.8. The molecule has 1 unspecified atom stereocenters. The Morgan fingerprint density at radius 3 is 2.41 bits per heavy atom. The zero-order valence-corrected chi connectivity index (χ0v) is 23.6. The molecule has 0 spiro atoms. The maximum Gasteiger partial charge on any atom is 0.522 e. The van der Waals surface area contributed by atoms with Crippen molar-refractivity contribution < 1.29 is 32.2 Å². The summed E-state index contributed by atoms with van der Waals surface area (Å²) in [6.45, 7) is 11.7. The lowest BCUT2D eigenvalue weighted by Gasteiger charge is -2.43. The van der Waals surface area contributed by atoms with Crippen LogP contribution in [0.3, 0.4) is 0 Å². The Labute approximate surface area is 226 Å². The van der Waals surface area contributed by atoms with Gasteiger partial charge < -0.3 is 18.9 Å². The van der Waals surface area contributed by atoms with Crippen LogP contribution in [0.15, 0.2) is 35.3 Å². The number of esters is 1. The maximum absolute atomic E-state index is 13.2. The molecule has 1 aliphatic rings. The number of fused-ring (bicyclic) bond motifs is 1. The molecule has 0 amide bonds. The number of hydrogen-bond acceptors (Lipinski definition) is 6. The molecule has 0 aliphatic carbocycles. The highest BCUT2D eigenvalue weighted by Crippen LogP contribution is 2.37. The quantitative estimate of drug-likeness (QED) is 0.380. The zero-order valence-electron chi connectivity index (χ0n) is 23.6. The van der Waals surface area contributed by atoms with E-state index in [0.717, 1.165) is 21.7 Å². The van der Waals surface area contributed by atoms with Crippen LogP contribution in [-0.2, 0) is 9.47 Å². The topological polar surface area (TPSA) is 70.0 Å². The maximum atomic E-state index is 13.2. The molecule has 2 heterocycles. The first-order valence-corrected chi connectivity index (χ1v) is 13.0. The molecule has 1 aromatic heterocycles. The molecule has 0 saturated carbocycles. The van der Waals surface area contributed by atoms with Gasteiger partial charge in [-0.15, -0.1) is 13.2 Å². The number of alkyl halides is 3. The average Bonchev–Trinajstić information content (AvgIpc) is 2.84. The Balaban J connectivity index is 2.32.